The second-order valence-electron chi connectivity index (χ2n) is 8.03. The summed E-state index contributed by atoms with van der Waals surface area (Å²) in [5, 5.41) is 14.6. The Labute approximate surface area is 190 Å². The lowest BCUT2D eigenvalue weighted by molar-refractivity contribution is 0.0693. The molecule has 1 atom stereocenters. The number of pyridine rings is 2. The van der Waals surface area contributed by atoms with Crippen LogP contribution in [-0.2, 0) is 0 Å². The molecule has 2 aromatic carbocycles. The summed E-state index contributed by atoms with van der Waals surface area (Å²) >= 11 is 0. The summed E-state index contributed by atoms with van der Waals surface area (Å²) in [6, 6.07) is 21.3. The molecule has 1 aliphatic heterocycles. The van der Waals surface area contributed by atoms with E-state index in [0.29, 0.717) is 40.9 Å². The molecule has 0 spiro atoms. The summed E-state index contributed by atoms with van der Waals surface area (Å²) in [5.74, 6) is -1.07. The lowest BCUT2D eigenvalue weighted by Gasteiger charge is -2.36. The van der Waals surface area contributed by atoms with Gasteiger partial charge in [0.15, 0.2) is 0 Å². The van der Waals surface area contributed by atoms with Gasteiger partial charge in [-0.1, -0.05) is 42.5 Å². The van der Waals surface area contributed by atoms with Crippen molar-refractivity contribution in [3.05, 3.63) is 106 Å². The van der Waals surface area contributed by atoms with Gasteiger partial charge in [0.05, 0.1) is 23.0 Å². The molecular formula is C26H24N4O3. The number of piperazine rings is 1. The van der Waals surface area contributed by atoms with Crippen LogP contribution in [0.25, 0.3) is 16.5 Å². The molecule has 4 aromatic rings. The van der Waals surface area contributed by atoms with Gasteiger partial charge in [-0.2, -0.15) is 0 Å². The Morgan fingerprint density at radius 2 is 1.58 bits per heavy atom. The minimum Gasteiger partial charge on any atom is -0.478 e. The molecule has 1 aliphatic rings. The molecule has 1 fully saturated rings. The maximum atomic E-state index is 13.9. The van der Waals surface area contributed by atoms with Crippen LogP contribution in [0.2, 0.25) is 0 Å². The minimum atomic E-state index is -1.07. The van der Waals surface area contributed by atoms with Gasteiger partial charge in [-0.3, -0.25) is 19.2 Å². The van der Waals surface area contributed by atoms with Crippen LogP contribution in [0.1, 0.15) is 27.8 Å². The number of nitrogens with zero attached hydrogens (tertiary/aromatic N) is 3. The van der Waals surface area contributed by atoms with E-state index in [0.717, 1.165) is 13.1 Å². The van der Waals surface area contributed by atoms with Gasteiger partial charge in [0.2, 0.25) is 0 Å². The number of carbonyl (C=O) groups is 1. The summed E-state index contributed by atoms with van der Waals surface area (Å²) in [6.07, 6.45) is 1.71. The first-order valence-corrected chi connectivity index (χ1v) is 11.0. The van der Waals surface area contributed by atoms with Crippen molar-refractivity contribution in [1.82, 2.24) is 19.8 Å². The van der Waals surface area contributed by atoms with Gasteiger partial charge in [0.1, 0.15) is 0 Å². The zero-order chi connectivity index (χ0) is 22.8. The number of fused-ring (bicyclic) bond motifs is 1. The highest BCUT2D eigenvalue weighted by Crippen LogP contribution is 2.34. The van der Waals surface area contributed by atoms with Crippen molar-refractivity contribution in [3.8, 4) is 5.69 Å². The van der Waals surface area contributed by atoms with Gasteiger partial charge >= 0.3 is 5.97 Å². The highest BCUT2D eigenvalue weighted by Gasteiger charge is 2.34. The van der Waals surface area contributed by atoms with Crippen LogP contribution in [0, 0.1) is 0 Å². The molecule has 33 heavy (non-hydrogen) atoms. The standard InChI is InChI=1S/C26H24N4O3/c31-25-20-11-5-4-10-19(20)22(26(32)33)24(30(25)18-8-2-1-3-9-18)23(21-12-6-7-13-28-21)29-16-14-27-15-17-29/h1-13,23,27H,14-17H2,(H,32,33). The Hall–Kier alpha value is -3.81. The van der Waals surface area contributed by atoms with E-state index >= 15 is 0 Å². The zero-order valence-corrected chi connectivity index (χ0v) is 18.0. The monoisotopic (exact) mass is 440 g/mol. The molecule has 0 amide bonds. The van der Waals surface area contributed by atoms with E-state index in [-0.39, 0.29) is 11.1 Å². The first-order valence-electron chi connectivity index (χ1n) is 11.0. The highest BCUT2D eigenvalue weighted by molar-refractivity contribution is 6.04. The molecule has 0 radical (unpaired) electrons. The van der Waals surface area contributed by atoms with Crippen molar-refractivity contribution in [2.24, 2.45) is 0 Å². The third kappa shape index (κ3) is 3.82. The van der Waals surface area contributed by atoms with Crippen LogP contribution in [0.15, 0.2) is 83.8 Å². The van der Waals surface area contributed by atoms with Crippen LogP contribution in [0.4, 0.5) is 0 Å². The molecule has 166 valence electrons. The fraction of sp³-hybridized carbons (Fsp3) is 0.192. The third-order valence-electron chi connectivity index (χ3n) is 6.10. The SMILES string of the molecule is O=C(O)c1c(C(c2ccccn2)N2CCNCC2)n(-c2ccccc2)c(=O)c2ccccc12. The van der Waals surface area contributed by atoms with Crippen LogP contribution >= 0.6 is 0 Å². The number of aromatic nitrogens is 2. The molecule has 7 nitrogen and oxygen atoms in total. The topological polar surface area (TPSA) is 87.5 Å². The van der Waals surface area contributed by atoms with E-state index in [1.165, 1.54) is 0 Å². The Morgan fingerprint density at radius 3 is 2.24 bits per heavy atom. The van der Waals surface area contributed by atoms with E-state index in [9.17, 15) is 14.7 Å². The van der Waals surface area contributed by atoms with E-state index in [1.54, 1.807) is 35.0 Å². The van der Waals surface area contributed by atoms with Gasteiger partial charge in [-0.05, 0) is 30.3 Å². The van der Waals surface area contributed by atoms with E-state index in [2.05, 4.69) is 15.2 Å². The Bertz CT molecular complexity index is 1350. The second-order valence-corrected chi connectivity index (χ2v) is 8.03. The first-order chi connectivity index (χ1) is 16.2. The first kappa shape index (κ1) is 21.1. The van der Waals surface area contributed by atoms with Crippen molar-refractivity contribution < 1.29 is 9.90 Å². The summed E-state index contributed by atoms with van der Waals surface area (Å²) in [6.45, 7) is 2.95. The van der Waals surface area contributed by atoms with Crippen LogP contribution < -0.4 is 10.9 Å². The second kappa shape index (κ2) is 8.97. The maximum absolute atomic E-state index is 13.9. The zero-order valence-electron chi connectivity index (χ0n) is 18.0. The fourth-order valence-electron chi connectivity index (χ4n) is 4.66. The number of carboxylic acid groups (broad SMARTS) is 1. The lowest BCUT2D eigenvalue weighted by atomic mass is 9.95. The molecule has 2 aromatic heterocycles. The Morgan fingerprint density at radius 1 is 0.909 bits per heavy atom. The van der Waals surface area contributed by atoms with Gasteiger partial charge in [-0.25, -0.2) is 4.79 Å². The molecule has 7 heteroatoms. The van der Waals surface area contributed by atoms with Crippen molar-refractivity contribution in [3.63, 3.8) is 0 Å². The smallest absolute Gasteiger partial charge is 0.338 e. The molecular weight excluding hydrogens is 416 g/mol. The number of hydrogen-bond donors (Lipinski definition) is 2. The Balaban J connectivity index is 1.93. The summed E-state index contributed by atoms with van der Waals surface area (Å²) < 4.78 is 1.56. The Kier molecular flexibility index (Phi) is 5.73. The molecule has 3 heterocycles. The highest BCUT2D eigenvalue weighted by atomic mass is 16.4. The van der Waals surface area contributed by atoms with Crippen molar-refractivity contribution >= 4 is 16.7 Å². The largest absolute Gasteiger partial charge is 0.478 e. The number of aromatic carboxylic acids is 1. The number of rotatable bonds is 5. The van der Waals surface area contributed by atoms with Gasteiger partial charge in [0.25, 0.3) is 5.56 Å². The van der Waals surface area contributed by atoms with Crippen molar-refractivity contribution in [2.75, 3.05) is 26.2 Å². The van der Waals surface area contributed by atoms with Crippen molar-refractivity contribution in [1.29, 1.82) is 0 Å². The van der Waals surface area contributed by atoms with E-state index in [4.69, 9.17) is 0 Å². The van der Waals surface area contributed by atoms with Gasteiger partial charge in [0, 0.05) is 48.8 Å². The molecule has 0 bridgehead atoms. The molecule has 1 unspecified atom stereocenters. The van der Waals surface area contributed by atoms with Gasteiger partial charge < -0.3 is 10.4 Å². The number of para-hydroxylation sites is 1. The molecule has 0 saturated carbocycles. The minimum absolute atomic E-state index is 0.128. The molecule has 2 N–H and O–H groups in total. The number of nitrogens with one attached hydrogen (secondary N) is 1. The normalized spacial score (nSPS) is 15.4. The maximum Gasteiger partial charge on any atom is 0.338 e. The number of benzene rings is 2. The van der Waals surface area contributed by atoms with E-state index < -0.39 is 12.0 Å². The van der Waals surface area contributed by atoms with Crippen LogP contribution in [-0.4, -0.2) is 51.7 Å². The van der Waals surface area contributed by atoms with Gasteiger partial charge in [-0.15, -0.1) is 0 Å². The predicted octanol–water partition coefficient (Wildman–Crippen LogP) is 3.08. The predicted molar refractivity (Wildman–Crippen MR) is 127 cm³/mol. The number of hydrogen-bond acceptors (Lipinski definition) is 5. The quantitative estimate of drug-likeness (QED) is 0.496. The van der Waals surface area contributed by atoms with Crippen molar-refractivity contribution in [2.45, 2.75) is 6.04 Å². The third-order valence-corrected chi connectivity index (χ3v) is 6.10. The summed E-state index contributed by atoms with van der Waals surface area (Å²) in [7, 11) is 0. The van der Waals surface area contributed by atoms with Crippen LogP contribution in [0.5, 0.6) is 0 Å². The van der Waals surface area contributed by atoms with Crippen LogP contribution in [0.3, 0.4) is 0 Å². The lowest BCUT2D eigenvalue weighted by Crippen LogP contribution is -2.47. The molecule has 5 rings (SSSR count). The van der Waals surface area contributed by atoms with E-state index in [1.807, 2.05) is 48.5 Å². The summed E-state index contributed by atoms with van der Waals surface area (Å²) in [5.41, 5.74) is 1.65. The average Bonchev–Trinajstić information content (AvgIpc) is 2.86. The average molecular weight is 441 g/mol. The number of carboxylic acids is 1. The molecule has 1 saturated heterocycles. The fourth-order valence-corrected chi connectivity index (χ4v) is 4.66. The molecule has 0 aliphatic carbocycles. The summed E-state index contributed by atoms with van der Waals surface area (Å²) in [4.78, 5) is 33.5.